The van der Waals surface area contributed by atoms with Gasteiger partial charge in [-0.05, 0) is 30.3 Å². The van der Waals surface area contributed by atoms with E-state index < -0.39 is 18.1 Å². The number of aliphatic imine (C=N–C) groups is 1. The average Bonchev–Trinajstić information content (AvgIpc) is 3.01. The van der Waals surface area contributed by atoms with E-state index in [4.69, 9.17) is 20.3 Å². The first kappa shape index (κ1) is 23.7. The van der Waals surface area contributed by atoms with Crippen molar-refractivity contribution in [3.05, 3.63) is 95.6 Å². The third kappa shape index (κ3) is 5.90. The number of para-hydroxylation sites is 1. The monoisotopic (exact) mass is 470 g/mol. The fourth-order valence-electron chi connectivity index (χ4n) is 3.53. The van der Waals surface area contributed by atoms with E-state index in [1.54, 1.807) is 25.3 Å². The number of nitrogens with one attached hydrogen (secondary N) is 5. The largest absolute Gasteiger partial charge is 0.407 e. The summed E-state index contributed by atoms with van der Waals surface area (Å²) >= 11 is 0. The molecule has 35 heavy (non-hydrogen) atoms. The van der Waals surface area contributed by atoms with Gasteiger partial charge in [0.05, 0.1) is 18.0 Å². The Balaban J connectivity index is 1.47. The molecule has 1 aliphatic heterocycles. The lowest BCUT2D eigenvalue weighted by Gasteiger charge is -2.15. The highest BCUT2D eigenvalue weighted by molar-refractivity contribution is 6.19. The van der Waals surface area contributed by atoms with Crippen LogP contribution in [0.1, 0.15) is 16.7 Å². The minimum Gasteiger partial charge on any atom is -0.407 e. The van der Waals surface area contributed by atoms with E-state index in [1.807, 2.05) is 60.7 Å². The molecule has 1 atom stereocenters. The van der Waals surface area contributed by atoms with Crippen molar-refractivity contribution >= 4 is 34.9 Å². The van der Waals surface area contributed by atoms with Crippen LogP contribution in [-0.4, -0.2) is 50.0 Å². The molecule has 0 spiro atoms. The van der Waals surface area contributed by atoms with Gasteiger partial charge in [0.15, 0.2) is 0 Å². The Morgan fingerprint density at radius 3 is 2.46 bits per heavy atom. The van der Waals surface area contributed by atoms with Crippen LogP contribution in [0.25, 0.3) is 0 Å². The molecule has 0 radical (unpaired) electrons. The summed E-state index contributed by atoms with van der Waals surface area (Å²) in [5, 5.41) is 25.1. The summed E-state index contributed by atoms with van der Waals surface area (Å²) in [6, 6.07) is 23.5. The molecule has 178 valence electrons. The maximum atomic E-state index is 12.9. The summed E-state index contributed by atoms with van der Waals surface area (Å²) in [5.41, 5.74) is 4.21. The van der Waals surface area contributed by atoms with Crippen LogP contribution in [-0.2, 0) is 14.3 Å². The molecule has 1 unspecified atom stereocenters. The van der Waals surface area contributed by atoms with Crippen LogP contribution in [0.2, 0.25) is 0 Å². The Hall–Kier alpha value is -4.50. The predicted molar refractivity (Wildman–Crippen MR) is 137 cm³/mol. The number of methoxy groups -OCH3 is 1. The molecule has 0 saturated carbocycles. The topological polar surface area (TPSA) is 132 Å². The molecular formula is C26H26N6O3. The molecule has 5 N–H and O–H groups in total. The van der Waals surface area contributed by atoms with Crippen molar-refractivity contribution < 1.29 is 14.3 Å². The maximum absolute atomic E-state index is 12.9. The van der Waals surface area contributed by atoms with Gasteiger partial charge in [-0.2, -0.15) is 0 Å². The molecule has 4 rings (SSSR count). The fourth-order valence-corrected chi connectivity index (χ4v) is 3.53. The molecule has 3 aromatic carbocycles. The van der Waals surface area contributed by atoms with E-state index in [1.165, 1.54) is 0 Å². The van der Waals surface area contributed by atoms with Crippen LogP contribution in [0, 0.1) is 10.8 Å². The van der Waals surface area contributed by atoms with Crippen LogP contribution < -0.4 is 16.0 Å². The van der Waals surface area contributed by atoms with Crippen molar-refractivity contribution in [2.75, 3.05) is 30.9 Å². The highest BCUT2D eigenvalue weighted by Gasteiger charge is 2.27. The summed E-state index contributed by atoms with van der Waals surface area (Å²) in [4.78, 5) is 17.5. The molecule has 0 fully saturated rings. The van der Waals surface area contributed by atoms with Crippen molar-refractivity contribution in [3.63, 3.8) is 0 Å². The molecule has 0 saturated heterocycles. The van der Waals surface area contributed by atoms with Gasteiger partial charge in [-0.25, -0.2) is 4.99 Å². The lowest BCUT2D eigenvalue weighted by atomic mass is 10.0. The SMILES string of the molecule is COCCNc1ccc(C(=N)OC(=N)NC2N=C(c3ccccc3)c3ccccc3NC2=O)cc1. The van der Waals surface area contributed by atoms with Crippen molar-refractivity contribution in [2.24, 2.45) is 4.99 Å². The minimum absolute atomic E-state index is 0.226. The van der Waals surface area contributed by atoms with Crippen molar-refractivity contribution in [1.82, 2.24) is 5.32 Å². The van der Waals surface area contributed by atoms with Gasteiger partial charge in [0.2, 0.25) is 12.1 Å². The summed E-state index contributed by atoms with van der Waals surface area (Å²) in [6.45, 7) is 1.25. The van der Waals surface area contributed by atoms with E-state index in [2.05, 4.69) is 20.9 Å². The Labute approximate surface area is 203 Å². The number of anilines is 2. The van der Waals surface area contributed by atoms with Gasteiger partial charge in [-0.15, -0.1) is 0 Å². The second kappa shape index (κ2) is 11.1. The highest BCUT2D eigenvalue weighted by Crippen LogP contribution is 2.23. The third-order valence-electron chi connectivity index (χ3n) is 5.25. The number of carbonyl (C=O) groups is 1. The number of ether oxygens (including phenoxy) is 2. The van der Waals surface area contributed by atoms with Crippen molar-refractivity contribution in [1.29, 1.82) is 10.8 Å². The quantitative estimate of drug-likeness (QED) is 0.205. The van der Waals surface area contributed by atoms with Crippen LogP contribution in [0.5, 0.6) is 0 Å². The number of rotatable bonds is 7. The number of hydrogen-bond acceptors (Lipinski definition) is 7. The number of benzene rings is 3. The second-order valence-corrected chi connectivity index (χ2v) is 7.68. The Morgan fingerprint density at radius 2 is 1.71 bits per heavy atom. The lowest BCUT2D eigenvalue weighted by molar-refractivity contribution is -0.117. The molecule has 1 amide bonds. The van der Waals surface area contributed by atoms with Crippen LogP contribution in [0.4, 0.5) is 11.4 Å². The molecule has 0 aliphatic carbocycles. The van der Waals surface area contributed by atoms with E-state index >= 15 is 0 Å². The first-order chi connectivity index (χ1) is 17.0. The third-order valence-corrected chi connectivity index (χ3v) is 5.25. The van der Waals surface area contributed by atoms with E-state index in [-0.39, 0.29) is 5.90 Å². The summed E-state index contributed by atoms with van der Waals surface area (Å²) in [6.07, 6.45) is -1.12. The molecule has 9 heteroatoms. The zero-order valence-electron chi connectivity index (χ0n) is 19.2. The Kier molecular flexibility index (Phi) is 7.49. The lowest BCUT2D eigenvalue weighted by Crippen LogP contribution is -2.43. The normalized spacial score (nSPS) is 14.6. The van der Waals surface area contributed by atoms with Gasteiger partial charge in [0.25, 0.3) is 11.9 Å². The number of carbonyl (C=O) groups excluding carboxylic acids is 1. The maximum Gasteiger partial charge on any atom is 0.290 e. The van der Waals surface area contributed by atoms with Gasteiger partial charge in [0.1, 0.15) is 0 Å². The van der Waals surface area contributed by atoms with E-state index in [0.717, 1.165) is 16.8 Å². The molecule has 0 bridgehead atoms. The predicted octanol–water partition coefficient (Wildman–Crippen LogP) is 3.43. The van der Waals surface area contributed by atoms with Gasteiger partial charge in [-0.1, -0.05) is 48.5 Å². The highest BCUT2D eigenvalue weighted by atomic mass is 16.5. The first-order valence-electron chi connectivity index (χ1n) is 11.0. The molecule has 0 aromatic heterocycles. The fraction of sp³-hybridized carbons (Fsp3) is 0.154. The van der Waals surface area contributed by atoms with E-state index in [0.29, 0.717) is 30.1 Å². The Bertz CT molecular complexity index is 1240. The second-order valence-electron chi connectivity index (χ2n) is 7.68. The number of benzodiazepines with no additional fused rings is 1. The molecule has 3 aromatic rings. The van der Waals surface area contributed by atoms with Crippen LogP contribution in [0.15, 0.2) is 83.9 Å². The van der Waals surface area contributed by atoms with Gasteiger partial charge in [-0.3, -0.25) is 15.6 Å². The van der Waals surface area contributed by atoms with Crippen LogP contribution in [0.3, 0.4) is 0 Å². The molecule has 1 heterocycles. The molecule has 9 nitrogen and oxygen atoms in total. The number of hydrogen-bond donors (Lipinski definition) is 5. The average molecular weight is 471 g/mol. The number of fused-ring (bicyclic) bond motifs is 1. The molecule has 1 aliphatic rings. The molecular weight excluding hydrogens is 444 g/mol. The first-order valence-corrected chi connectivity index (χ1v) is 11.0. The van der Waals surface area contributed by atoms with Crippen molar-refractivity contribution in [3.8, 4) is 0 Å². The zero-order valence-corrected chi connectivity index (χ0v) is 19.2. The smallest absolute Gasteiger partial charge is 0.290 e. The van der Waals surface area contributed by atoms with Crippen LogP contribution >= 0.6 is 0 Å². The number of amides is 1. The van der Waals surface area contributed by atoms with Gasteiger partial charge < -0.3 is 25.4 Å². The standard InChI is InChI=1S/C26H26N6O3/c1-34-16-15-29-19-13-11-18(12-14-19)23(27)35-26(28)32-24-25(33)30-21-10-6-5-9-20(21)22(31-24)17-7-3-2-4-8-17/h2-14,24,27,29H,15-16H2,1H3,(H2,28,32)(H,30,33). The number of amidine groups is 1. The van der Waals surface area contributed by atoms with Crippen molar-refractivity contribution in [2.45, 2.75) is 6.17 Å². The van der Waals surface area contributed by atoms with Gasteiger partial charge >= 0.3 is 0 Å². The number of nitrogens with zero attached hydrogens (tertiary/aromatic N) is 1. The summed E-state index contributed by atoms with van der Waals surface area (Å²) < 4.78 is 10.4. The minimum atomic E-state index is -1.12. The summed E-state index contributed by atoms with van der Waals surface area (Å²) in [7, 11) is 1.64. The van der Waals surface area contributed by atoms with E-state index in [9.17, 15) is 4.79 Å². The Morgan fingerprint density at radius 1 is 1.00 bits per heavy atom. The zero-order chi connectivity index (χ0) is 24.6. The van der Waals surface area contributed by atoms with Gasteiger partial charge in [0, 0.05) is 36.0 Å². The summed E-state index contributed by atoms with van der Waals surface area (Å²) in [5.74, 6) is -0.662.